The molecule has 0 heterocycles. The molecule has 1 fully saturated rings. The third kappa shape index (κ3) is 4.67. The van der Waals surface area contributed by atoms with Gasteiger partial charge < -0.3 is 10.1 Å². The summed E-state index contributed by atoms with van der Waals surface area (Å²) in [5.41, 5.74) is 0. The summed E-state index contributed by atoms with van der Waals surface area (Å²) in [5, 5.41) is 3.43. The first kappa shape index (κ1) is 16.2. The van der Waals surface area contributed by atoms with Gasteiger partial charge in [-0.25, -0.2) is 8.78 Å². The molecule has 3 unspecified atom stereocenters. The summed E-state index contributed by atoms with van der Waals surface area (Å²) < 4.78 is 32.5. The maximum Gasteiger partial charge on any atom is 0.129 e. The Kier molecular flexibility index (Phi) is 5.97. The van der Waals surface area contributed by atoms with Gasteiger partial charge in [0.05, 0.1) is 0 Å². The van der Waals surface area contributed by atoms with Crippen molar-refractivity contribution in [2.75, 3.05) is 6.54 Å². The average molecular weight is 297 g/mol. The molecule has 0 saturated heterocycles. The molecule has 1 aromatic carbocycles. The van der Waals surface area contributed by atoms with Crippen LogP contribution in [0.2, 0.25) is 0 Å². The lowest BCUT2D eigenvalue weighted by atomic mass is 9.81. The quantitative estimate of drug-likeness (QED) is 0.845. The van der Waals surface area contributed by atoms with E-state index in [1.165, 1.54) is 25.0 Å². The molecule has 4 heteroatoms. The Hall–Kier alpha value is -1.16. The lowest BCUT2D eigenvalue weighted by molar-refractivity contribution is 0.0834. The van der Waals surface area contributed by atoms with Crippen LogP contribution < -0.4 is 10.1 Å². The van der Waals surface area contributed by atoms with Crippen LogP contribution in [0.15, 0.2) is 18.2 Å². The molecular formula is C17H25F2NO. The van der Waals surface area contributed by atoms with Crippen LogP contribution >= 0.6 is 0 Å². The first-order chi connectivity index (χ1) is 10.1. The van der Waals surface area contributed by atoms with Crippen LogP contribution in [0.4, 0.5) is 8.78 Å². The number of rotatable bonds is 6. The van der Waals surface area contributed by atoms with Gasteiger partial charge in [0.2, 0.25) is 0 Å². The summed E-state index contributed by atoms with van der Waals surface area (Å²) in [6.07, 6.45) is 5.54. The van der Waals surface area contributed by atoms with Crippen LogP contribution in [0.1, 0.15) is 46.0 Å². The van der Waals surface area contributed by atoms with Crippen LogP contribution in [-0.4, -0.2) is 18.7 Å². The number of benzene rings is 1. The van der Waals surface area contributed by atoms with Gasteiger partial charge in [-0.15, -0.1) is 0 Å². The van der Waals surface area contributed by atoms with Gasteiger partial charge in [0.15, 0.2) is 0 Å². The standard InChI is InChI=1S/C17H25F2NO/c1-3-5-12-6-7-16(20-4-2)17(8-12)21-15-10-13(18)9-14(19)11-15/h9-12,16-17,20H,3-8H2,1-2H3. The van der Waals surface area contributed by atoms with Crippen LogP contribution in [0, 0.1) is 17.6 Å². The van der Waals surface area contributed by atoms with Gasteiger partial charge in [-0.3, -0.25) is 0 Å². The fourth-order valence-electron chi connectivity index (χ4n) is 3.28. The fraction of sp³-hybridized carbons (Fsp3) is 0.647. The van der Waals surface area contributed by atoms with Crippen LogP contribution in [0.3, 0.4) is 0 Å². The van der Waals surface area contributed by atoms with Gasteiger partial charge in [-0.05, 0) is 31.7 Å². The molecule has 0 spiro atoms. The first-order valence-electron chi connectivity index (χ1n) is 7.98. The summed E-state index contributed by atoms with van der Waals surface area (Å²) in [6.45, 7) is 5.13. The normalized spacial score (nSPS) is 25.8. The van der Waals surface area contributed by atoms with Gasteiger partial charge in [-0.1, -0.05) is 26.7 Å². The smallest absolute Gasteiger partial charge is 0.129 e. The summed E-state index contributed by atoms with van der Waals surface area (Å²) in [7, 11) is 0. The number of hydrogen-bond acceptors (Lipinski definition) is 2. The highest BCUT2D eigenvalue weighted by atomic mass is 19.1. The lowest BCUT2D eigenvalue weighted by Gasteiger charge is -2.36. The SMILES string of the molecule is CCCC1CCC(NCC)C(Oc2cc(F)cc(F)c2)C1. The maximum absolute atomic E-state index is 13.3. The van der Waals surface area contributed by atoms with Crippen molar-refractivity contribution in [1.82, 2.24) is 5.32 Å². The lowest BCUT2D eigenvalue weighted by Crippen LogP contribution is -2.47. The third-order valence-corrected chi connectivity index (χ3v) is 4.19. The Bertz CT molecular complexity index is 432. The van der Waals surface area contributed by atoms with Crippen LogP contribution in [0.25, 0.3) is 0 Å². The van der Waals surface area contributed by atoms with E-state index in [4.69, 9.17) is 4.74 Å². The van der Waals surface area contributed by atoms with E-state index in [9.17, 15) is 8.78 Å². The van der Waals surface area contributed by atoms with E-state index in [0.717, 1.165) is 31.9 Å². The number of hydrogen-bond donors (Lipinski definition) is 1. The minimum absolute atomic E-state index is 0.0172. The van der Waals surface area contributed by atoms with E-state index in [1.54, 1.807) is 0 Å². The van der Waals surface area contributed by atoms with Crippen molar-refractivity contribution in [3.63, 3.8) is 0 Å². The van der Waals surface area contributed by atoms with Crippen LogP contribution in [-0.2, 0) is 0 Å². The molecule has 1 aliphatic rings. The largest absolute Gasteiger partial charge is 0.489 e. The molecular weight excluding hydrogens is 272 g/mol. The van der Waals surface area contributed by atoms with Crippen molar-refractivity contribution in [3.05, 3.63) is 29.8 Å². The Morgan fingerprint density at radius 2 is 1.86 bits per heavy atom. The molecule has 0 bridgehead atoms. The molecule has 0 radical (unpaired) electrons. The topological polar surface area (TPSA) is 21.3 Å². The van der Waals surface area contributed by atoms with Gasteiger partial charge >= 0.3 is 0 Å². The number of nitrogens with one attached hydrogen (secondary N) is 1. The van der Waals surface area contributed by atoms with E-state index >= 15 is 0 Å². The summed E-state index contributed by atoms with van der Waals surface area (Å²) in [6, 6.07) is 3.65. The van der Waals surface area contributed by atoms with Crippen molar-refractivity contribution < 1.29 is 13.5 Å². The van der Waals surface area contributed by atoms with Crippen molar-refractivity contribution >= 4 is 0 Å². The van der Waals surface area contributed by atoms with E-state index in [1.807, 2.05) is 0 Å². The Morgan fingerprint density at radius 3 is 2.48 bits per heavy atom. The highest BCUT2D eigenvalue weighted by Gasteiger charge is 2.31. The zero-order chi connectivity index (χ0) is 15.2. The van der Waals surface area contributed by atoms with Gasteiger partial charge in [0.1, 0.15) is 23.5 Å². The summed E-state index contributed by atoms with van der Waals surface area (Å²) >= 11 is 0. The average Bonchev–Trinajstić information content (AvgIpc) is 2.41. The minimum Gasteiger partial charge on any atom is -0.489 e. The van der Waals surface area contributed by atoms with Crippen molar-refractivity contribution in [3.8, 4) is 5.75 Å². The highest BCUT2D eigenvalue weighted by Crippen LogP contribution is 2.31. The highest BCUT2D eigenvalue weighted by molar-refractivity contribution is 5.24. The summed E-state index contributed by atoms with van der Waals surface area (Å²) in [4.78, 5) is 0. The van der Waals surface area contributed by atoms with Crippen molar-refractivity contribution in [1.29, 1.82) is 0 Å². The van der Waals surface area contributed by atoms with E-state index in [-0.39, 0.29) is 17.9 Å². The van der Waals surface area contributed by atoms with Crippen LogP contribution in [0.5, 0.6) is 5.75 Å². The monoisotopic (exact) mass is 297 g/mol. The molecule has 1 aliphatic carbocycles. The van der Waals surface area contributed by atoms with Gasteiger partial charge in [-0.2, -0.15) is 0 Å². The van der Waals surface area contributed by atoms with E-state index in [2.05, 4.69) is 19.2 Å². The number of likely N-dealkylation sites (N-methyl/N-ethyl adjacent to an activating group) is 1. The molecule has 3 atom stereocenters. The molecule has 2 nitrogen and oxygen atoms in total. The van der Waals surface area contributed by atoms with Crippen molar-refractivity contribution in [2.45, 2.75) is 58.1 Å². The van der Waals surface area contributed by atoms with E-state index in [0.29, 0.717) is 5.92 Å². The fourth-order valence-corrected chi connectivity index (χ4v) is 3.28. The Morgan fingerprint density at radius 1 is 1.14 bits per heavy atom. The molecule has 1 saturated carbocycles. The zero-order valence-corrected chi connectivity index (χ0v) is 12.9. The van der Waals surface area contributed by atoms with Crippen molar-refractivity contribution in [2.24, 2.45) is 5.92 Å². The second-order valence-electron chi connectivity index (χ2n) is 5.89. The molecule has 0 amide bonds. The molecule has 1 N–H and O–H groups in total. The maximum atomic E-state index is 13.3. The summed E-state index contributed by atoms with van der Waals surface area (Å²) in [5.74, 6) is -0.247. The van der Waals surface area contributed by atoms with Gasteiger partial charge in [0, 0.05) is 24.2 Å². The minimum atomic E-state index is -0.592. The van der Waals surface area contributed by atoms with E-state index < -0.39 is 11.6 Å². The molecule has 118 valence electrons. The predicted molar refractivity (Wildman–Crippen MR) is 80.5 cm³/mol. The second kappa shape index (κ2) is 7.74. The Balaban J connectivity index is 2.07. The number of ether oxygens (including phenoxy) is 1. The third-order valence-electron chi connectivity index (χ3n) is 4.19. The second-order valence-corrected chi connectivity index (χ2v) is 5.89. The molecule has 21 heavy (non-hydrogen) atoms. The zero-order valence-electron chi connectivity index (χ0n) is 12.9. The predicted octanol–water partition coefficient (Wildman–Crippen LogP) is 4.29. The molecule has 1 aromatic rings. The molecule has 0 aromatic heterocycles. The molecule has 2 rings (SSSR count). The number of halogens is 2. The Labute approximate surface area is 125 Å². The van der Waals surface area contributed by atoms with Gasteiger partial charge in [0.25, 0.3) is 0 Å². The first-order valence-corrected chi connectivity index (χ1v) is 7.98. The molecule has 0 aliphatic heterocycles.